The largest absolute Gasteiger partial charge is 0.327 e. The van der Waals surface area contributed by atoms with E-state index in [2.05, 4.69) is 32.7 Å². The molecule has 0 aromatic rings. The summed E-state index contributed by atoms with van der Waals surface area (Å²) in [6.07, 6.45) is 5.19. The van der Waals surface area contributed by atoms with E-state index in [0.717, 1.165) is 11.8 Å². The van der Waals surface area contributed by atoms with Crippen LogP contribution in [0.1, 0.15) is 46.5 Å². The first-order valence-electron chi connectivity index (χ1n) is 6.46. The minimum absolute atomic E-state index is 0.457. The highest BCUT2D eigenvalue weighted by molar-refractivity contribution is 4.83. The molecule has 2 nitrogen and oxygen atoms in total. The van der Waals surface area contributed by atoms with Gasteiger partial charge in [-0.25, -0.2) is 0 Å². The first-order chi connectivity index (χ1) is 7.00. The van der Waals surface area contributed by atoms with Crippen molar-refractivity contribution < 1.29 is 0 Å². The summed E-state index contributed by atoms with van der Waals surface area (Å²) in [6.45, 7) is 8.12. The molecule has 0 bridgehead atoms. The normalized spacial score (nSPS) is 29.0. The molecule has 15 heavy (non-hydrogen) atoms. The van der Waals surface area contributed by atoms with Crippen molar-refractivity contribution in [3.63, 3.8) is 0 Å². The summed E-state index contributed by atoms with van der Waals surface area (Å²) in [4.78, 5) is 2.50. The summed E-state index contributed by atoms with van der Waals surface area (Å²) in [5, 5.41) is 0. The van der Waals surface area contributed by atoms with Gasteiger partial charge in [0.1, 0.15) is 0 Å². The van der Waals surface area contributed by atoms with Gasteiger partial charge in [-0.2, -0.15) is 0 Å². The lowest BCUT2D eigenvalue weighted by Gasteiger charge is -2.30. The van der Waals surface area contributed by atoms with Crippen LogP contribution in [0.25, 0.3) is 0 Å². The minimum atomic E-state index is 0.457. The first kappa shape index (κ1) is 13.0. The van der Waals surface area contributed by atoms with Gasteiger partial charge in [0.05, 0.1) is 0 Å². The van der Waals surface area contributed by atoms with E-state index >= 15 is 0 Å². The zero-order valence-corrected chi connectivity index (χ0v) is 10.9. The van der Waals surface area contributed by atoms with Gasteiger partial charge in [-0.1, -0.05) is 20.3 Å². The van der Waals surface area contributed by atoms with Gasteiger partial charge in [0.2, 0.25) is 0 Å². The number of hydrogen-bond acceptors (Lipinski definition) is 2. The average molecular weight is 212 g/mol. The van der Waals surface area contributed by atoms with Gasteiger partial charge in [0.15, 0.2) is 0 Å². The van der Waals surface area contributed by atoms with Crippen molar-refractivity contribution in [2.45, 2.75) is 58.5 Å². The predicted octanol–water partition coefficient (Wildman–Crippen LogP) is 2.48. The minimum Gasteiger partial charge on any atom is -0.327 e. The topological polar surface area (TPSA) is 29.3 Å². The molecule has 0 aliphatic heterocycles. The van der Waals surface area contributed by atoms with Crippen LogP contribution >= 0.6 is 0 Å². The Balaban J connectivity index is 2.30. The molecular formula is C13H28N2. The molecule has 0 radical (unpaired) electrons. The molecule has 0 amide bonds. The van der Waals surface area contributed by atoms with Crippen LogP contribution < -0.4 is 5.73 Å². The highest BCUT2D eigenvalue weighted by Gasteiger charge is 2.26. The molecule has 2 N–H and O–H groups in total. The van der Waals surface area contributed by atoms with E-state index in [0.29, 0.717) is 12.1 Å². The maximum Gasteiger partial charge on any atom is 0.00793 e. The molecule has 0 aromatic carbocycles. The second-order valence-electron chi connectivity index (χ2n) is 5.77. The van der Waals surface area contributed by atoms with Crippen LogP contribution in [0.15, 0.2) is 0 Å². The molecule has 1 fully saturated rings. The van der Waals surface area contributed by atoms with Crippen molar-refractivity contribution in [2.75, 3.05) is 13.6 Å². The summed E-state index contributed by atoms with van der Waals surface area (Å²) in [5.74, 6) is 1.53. The zero-order chi connectivity index (χ0) is 11.4. The Bertz CT molecular complexity index is 179. The van der Waals surface area contributed by atoms with E-state index in [-0.39, 0.29) is 0 Å². The van der Waals surface area contributed by atoms with Crippen LogP contribution in [-0.2, 0) is 0 Å². The Labute approximate surface area is 95.2 Å². The monoisotopic (exact) mass is 212 g/mol. The third-order valence-electron chi connectivity index (χ3n) is 3.81. The molecule has 0 heterocycles. The van der Waals surface area contributed by atoms with E-state index in [4.69, 9.17) is 5.73 Å². The Kier molecular flexibility index (Phi) is 5.07. The fourth-order valence-electron chi connectivity index (χ4n) is 2.70. The summed E-state index contributed by atoms with van der Waals surface area (Å²) < 4.78 is 0. The highest BCUT2D eigenvalue weighted by atomic mass is 15.1. The third-order valence-corrected chi connectivity index (χ3v) is 3.81. The lowest BCUT2D eigenvalue weighted by molar-refractivity contribution is 0.191. The maximum atomic E-state index is 6.10. The Hall–Kier alpha value is -0.0800. The van der Waals surface area contributed by atoms with E-state index < -0.39 is 0 Å². The summed E-state index contributed by atoms with van der Waals surface area (Å²) in [5.41, 5.74) is 6.10. The van der Waals surface area contributed by atoms with E-state index in [1.165, 1.54) is 32.2 Å². The molecule has 1 aliphatic carbocycles. The van der Waals surface area contributed by atoms with Crippen molar-refractivity contribution in [3.05, 3.63) is 0 Å². The number of nitrogens with two attached hydrogens (primary N) is 1. The van der Waals surface area contributed by atoms with Crippen LogP contribution in [0.2, 0.25) is 0 Å². The van der Waals surface area contributed by atoms with Crippen LogP contribution in [0.4, 0.5) is 0 Å². The number of nitrogens with zero attached hydrogens (tertiary/aromatic N) is 1. The maximum absolute atomic E-state index is 6.10. The van der Waals surface area contributed by atoms with Crippen molar-refractivity contribution in [3.8, 4) is 0 Å². The average Bonchev–Trinajstić information content (AvgIpc) is 2.50. The molecule has 3 atom stereocenters. The Morgan fingerprint density at radius 1 is 1.27 bits per heavy atom. The highest BCUT2D eigenvalue weighted by Crippen LogP contribution is 2.25. The zero-order valence-electron chi connectivity index (χ0n) is 10.9. The van der Waals surface area contributed by atoms with Gasteiger partial charge in [-0.3, -0.25) is 0 Å². The fraction of sp³-hybridized carbons (Fsp3) is 1.00. The van der Waals surface area contributed by atoms with Crippen molar-refractivity contribution >= 4 is 0 Å². The molecule has 2 heteroatoms. The summed E-state index contributed by atoms with van der Waals surface area (Å²) in [6, 6.07) is 1.15. The van der Waals surface area contributed by atoms with Gasteiger partial charge in [0, 0.05) is 18.6 Å². The second-order valence-corrected chi connectivity index (χ2v) is 5.77. The van der Waals surface area contributed by atoms with Crippen LogP contribution in [0.3, 0.4) is 0 Å². The van der Waals surface area contributed by atoms with Gasteiger partial charge >= 0.3 is 0 Å². The van der Waals surface area contributed by atoms with E-state index in [1.54, 1.807) is 0 Å². The van der Waals surface area contributed by atoms with Gasteiger partial charge in [-0.15, -0.1) is 0 Å². The first-order valence-corrected chi connectivity index (χ1v) is 6.46. The summed E-state index contributed by atoms with van der Waals surface area (Å²) in [7, 11) is 2.25. The lowest BCUT2D eigenvalue weighted by atomic mass is 10.0. The molecule has 0 saturated heterocycles. The van der Waals surface area contributed by atoms with Crippen LogP contribution in [0.5, 0.6) is 0 Å². The Morgan fingerprint density at radius 3 is 2.40 bits per heavy atom. The van der Waals surface area contributed by atoms with E-state index in [9.17, 15) is 0 Å². The third kappa shape index (κ3) is 4.12. The van der Waals surface area contributed by atoms with Gasteiger partial charge in [0.25, 0.3) is 0 Å². The lowest BCUT2D eigenvalue weighted by Crippen LogP contribution is -2.39. The SMILES string of the molecule is CC(C)CC(C)N(C)CC1CCCC1N. The number of hydrogen-bond donors (Lipinski definition) is 1. The second kappa shape index (κ2) is 5.86. The molecular weight excluding hydrogens is 184 g/mol. The van der Waals surface area contributed by atoms with Gasteiger partial charge in [-0.05, 0) is 45.1 Å². The Morgan fingerprint density at radius 2 is 1.93 bits per heavy atom. The molecule has 1 saturated carbocycles. The molecule has 1 rings (SSSR count). The number of rotatable bonds is 5. The summed E-state index contributed by atoms with van der Waals surface area (Å²) >= 11 is 0. The molecule has 0 aromatic heterocycles. The smallest absolute Gasteiger partial charge is 0.00793 e. The fourth-order valence-corrected chi connectivity index (χ4v) is 2.70. The van der Waals surface area contributed by atoms with Crippen LogP contribution in [-0.4, -0.2) is 30.6 Å². The van der Waals surface area contributed by atoms with Crippen LogP contribution in [0, 0.1) is 11.8 Å². The molecule has 3 unspecified atom stereocenters. The molecule has 0 spiro atoms. The molecule has 90 valence electrons. The van der Waals surface area contributed by atoms with Crippen molar-refractivity contribution in [1.82, 2.24) is 4.90 Å². The standard InChI is InChI=1S/C13H28N2/c1-10(2)8-11(3)15(4)9-12-6-5-7-13(12)14/h10-13H,5-9,14H2,1-4H3. The quantitative estimate of drug-likeness (QED) is 0.758. The predicted molar refractivity (Wildman–Crippen MR) is 66.9 cm³/mol. The van der Waals surface area contributed by atoms with Gasteiger partial charge < -0.3 is 10.6 Å². The van der Waals surface area contributed by atoms with E-state index in [1.807, 2.05) is 0 Å². The van der Waals surface area contributed by atoms with Crippen molar-refractivity contribution in [1.29, 1.82) is 0 Å². The molecule has 1 aliphatic rings. The van der Waals surface area contributed by atoms with Crippen molar-refractivity contribution in [2.24, 2.45) is 17.6 Å².